The molecule has 9 nitrogen and oxygen atoms in total. The number of rotatable bonds is 8. The molecule has 0 unspecified atom stereocenters. The molecular weight excluding hydrogens is 444 g/mol. The van der Waals surface area contributed by atoms with Crippen LogP contribution < -0.4 is 21.3 Å². The Morgan fingerprint density at radius 3 is 2.61 bits per heavy atom. The van der Waals surface area contributed by atoms with Crippen LogP contribution in [0.25, 0.3) is 10.2 Å². The van der Waals surface area contributed by atoms with Gasteiger partial charge in [-0.15, -0.1) is 11.3 Å². The summed E-state index contributed by atoms with van der Waals surface area (Å²) in [4.78, 5) is 52.9. The second-order valence-electron chi connectivity index (χ2n) is 7.89. The van der Waals surface area contributed by atoms with E-state index < -0.39 is 11.2 Å². The van der Waals surface area contributed by atoms with Crippen LogP contribution in [0.2, 0.25) is 0 Å². The number of benzene rings is 1. The Kier molecular flexibility index (Phi) is 6.93. The molecule has 3 aromatic rings. The molecule has 0 saturated carbocycles. The third-order valence-electron chi connectivity index (χ3n) is 5.82. The molecule has 0 spiro atoms. The molecule has 33 heavy (non-hydrogen) atoms. The average molecular weight is 471 g/mol. The van der Waals surface area contributed by atoms with Gasteiger partial charge in [0, 0.05) is 38.2 Å². The number of hydrogen-bond donors (Lipinski definition) is 1. The summed E-state index contributed by atoms with van der Waals surface area (Å²) in [7, 11) is 1.56. The molecule has 0 aliphatic carbocycles. The summed E-state index contributed by atoms with van der Waals surface area (Å²) in [6.45, 7) is 1.46. The van der Waals surface area contributed by atoms with Crippen molar-refractivity contribution in [3.8, 4) is 5.75 Å². The minimum absolute atomic E-state index is 0.0404. The molecule has 1 saturated heterocycles. The number of likely N-dealkylation sites (tertiary alicyclic amines) is 1. The van der Waals surface area contributed by atoms with Gasteiger partial charge in [0.1, 0.15) is 17.0 Å². The minimum atomic E-state index is -0.573. The minimum Gasteiger partial charge on any atom is -0.496 e. The number of ether oxygens (including phenoxy) is 1. The molecule has 3 heterocycles. The second-order valence-corrected chi connectivity index (χ2v) is 8.80. The summed E-state index contributed by atoms with van der Waals surface area (Å²) < 4.78 is 8.09. The van der Waals surface area contributed by atoms with Crippen molar-refractivity contribution in [2.45, 2.75) is 38.9 Å². The van der Waals surface area contributed by atoms with E-state index in [-0.39, 0.29) is 37.9 Å². The highest BCUT2D eigenvalue weighted by Crippen LogP contribution is 2.17. The number of amides is 2. The lowest BCUT2D eigenvalue weighted by atomic mass is 10.2. The van der Waals surface area contributed by atoms with E-state index in [1.807, 2.05) is 24.3 Å². The first-order chi connectivity index (χ1) is 16.0. The maximum atomic E-state index is 13.1. The van der Waals surface area contributed by atoms with E-state index in [9.17, 15) is 19.2 Å². The smallest absolute Gasteiger partial charge is 0.332 e. The molecule has 2 aromatic heterocycles. The number of fused-ring (bicyclic) bond motifs is 1. The van der Waals surface area contributed by atoms with Gasteiger partial charge in [-0.2, -0.15) is 0 Å². The molecule has 1 aliphatic rings. The number of para-hydroxylation sites is 1. The molecule has 1 N–H and O–H groups in total. The summed E-state index contributed by atoms with van der Waals surface area (Å²) in [5.74, 6) is 0.239. The number of carbonyl (C=O) groups excluding carboxylic acids is 2. The first-order valence-electron chi connectivity index (χ1n) is 10.9. The molecule has 0 radical (unpaired) electrons. The van der Waals surface area contributed by atoms with Gasteiger partial charge < -0.3 is 15.0 Å². The summed E-state index contributed by atoms with van der Waals surface area (Å²) in [6.07, 6.45) is 1.87. The number of carbonyl (C=O) groups is 2. The van der Waals surface area contributed by atoms with Crippen LogP contribution in [0.1, 0.15) is 24.8 Å². The van der Waals surface area contributed by atoms with Gasteiger partial charge in [-0.3, -0.25) is 23.5 Å². The first kappa shape index (κ1) is 22.8. The van der Waals surface area contributed by atoms with Gasteiger partial charge in [0.25, 0.3) is 5.56 Å². The molecule has 4 rings (SSSR count). The van der Waals surface area contributed by atoms with Crippen LogP contribution in [0.5, 0.6) is 5.75 Å². The third-order valence-corrected chi connectivity index (χ3v) is 6.71. The van der Waals surface area contributed by atoms with Crippen molar-refractivity contribution >= 4 is 33.4 Å². The quantitative estimate of drug-likeness (QED) is 0.538. The van der Waals surface area contributed by atoms with Gasteiger partial charge in [-0.25, -0.2) is 4.79 Å². The van der Waals surface area contributed by atoms with Crippen LogP contribution in [0.4, 0.5) is 0 Å². The average Bonchev–Trinajstić information content (AvgIpc) is 3.53. The van der Waals surface area contributed by atoms with E-state index >= 15 is 0 Å². The van der Waals surface area contributed by atoms with E-state index in [0.717, 1.165) is 23.0 Å². The molecule has 0 atom stereocenters. The Labute approximate surface area is 194 Å². The SMILES string of the molecule is COc1ccccc1CNC(=O)CCn1c(=O)c2sccc2n(CC(=O)N2CCCC2)c1=O. The standard InChI is InChI=1S/C23H26N4O5S/c1-32-18-7-3-2-6-16(18)14-24-19(28)8-12-26-22(30)21-17(9-13-33-21)27(23(26)31)15-20(29)25-10-4-5-11-25/h2-3,6-7,9,13H,4-5,8,10-12,14-15H2,1H3,(H,24,28). The highest BCUT2D eigenvalue weighted by molar-refractivity contribution is 7.17. The highest BCUT2D eigenvalue weighted by Gasteiger charge is 2.22. The Balaban J connectivity index is 1.50. The van der Waals surface area contributed by atoms with E-state index in [2.05, 4.69) is 5.32 Å². The molecule has 1 aromatic carbocycles. The highest BCUT2D eigenvalue weighted by atomic mass is 32.1. The number of nitrogens with one attached hydrogen (secondary N) is 1. The van der Waals surface area contributed by atoms with Crippen molar-refractivity contribution in [1.29, 1.82) is 0 Å². The Morgan fingerprint density at radius 1 is 1.09 bits per heavy atom. The van der Waals surface area contributed by atoms with E-state index in [0.29, 0.717) is 29.1 Å². The van der Waals surface area contributed by atoms with Crippen LogP contribution in [-0.4, -0.2) is 46.0 Å². The Morgan fingerprint density at radius 2 is 1.85 bits per heavy atom. The Bertz CT molecular complexity index is 1290. The van der Waals surface area contributed by atoms with Gasteiger partial charge in [0.15, 0.2) is 0 Å². The van der Waals surface area contributed by atoms with E-state index in [4.69, 9.17) is 4.74 Å². The van der Waals surface area contributed by atoms with Crippen LogP contribution in [0.3, 0.4) is 0 Å². The third kappa shape index (κ3) is 4.85. The maximum absolute atomic E-state index is 13.1. The van der Waals surface area contributed by atoms with Gasteiger partial charge in [-0.05, 0) is 30.4 Å². The fourth-order valence-electron chi connectivity index (χ4n) is 4.03. The van der Waals surface area contributed by atoms with Crippen molar-refractivity contribution in [2.24, 2.45) is 0 Å². The van der Waals surface area contributed by atoms with Crippen LogP contribution in [0.15, 0.2) is 45.3 Å². The van der Waals surface area contributed by atoms with Crippen molar-refractivity contribution in [2.75, 3.05) is 20.2 Å². The van der Waals surface area contributed by atoms with Gasteiger partial charge in [0.2, 0.25) is 11.8 Å². The summed E-state index contributed by atoms with van der Waals surface area (Å²) in [6, 6.07) is 9.04. The molecule has 2 amide bonds. The van der Waals surface area contributed by atoms with Crippen LogP contribution in [-0.2, 0) is 29.2 Å². The second kappa shape index (κ2) is 10.0. The predicted octanol–water partition coefficient (Wildman–Crippen LogP) is 1.56. The molecule has 1 aliphatic heterocycles. The van der Waals surface area contributed by atoms with Gasteiger partial charge in [-0.1, -0.05) is 18.2 Å². The van der Waals surface area contributed by atoms with Gasteiger partial charge in [0.05, 0.1) is 12.6 Å². The fourth-order valence-corrected chi connectivity index (χ4v) is 4.87. The lowest BCUT2D eigenvalue weighted by Crippen LogP contribution is -2.43. The topological polar surface area (TPSA) is 103 Å². The van der Waals surface area contributed by atoms with Crippen molar-refractivity contribution < 1.29 is 14.3 Å². The zero-order chi connectivity index (χ0) is 23.4. The molecule has 0 bridgehead atoms. The zero-order valence-electron chi connectivity index (χ0n) is 18.4. The normalized spacial score (nSPS) is 13.4. The number of hydrogen-bond acceptors (Lipinski definition) is 6. The summed E-state index contributed by atoms with van der Waals surface area (Å²) in [5.41, 5.74) is 0.274. The lowest BCUT2D eigenvalue weighted by molar-refractivity contribution is -0.130. The summed E-state index contributed by atoms with van der Waals surface area (Å²) in [5, 5.41) is 4.53. The number of nitrogens with zero attached hydrogens (tertiary/aromatic N) is 3. The molecular formula is C23H26N4O5S. The van der Waals surface area contributed by atoms with Crippen molar-refractivity contribution in [3.05, 3.63) is 62.1 Å². The number of thiophene rings is 1. The fraction of sp³-hybridized carbons (Fsp3) is 0.391. The predicted molar refractivity (Wildman–Crippen MR) is 126 cm³/mol. The molecule has 10 heteroatoms. The van der Waals surface area contributed by atoms with Crippen LogP contribution >= 0.6 is 11.3 Å². The Hall–Kier alpha value is -3.40. The zero-order valence-corrected chi connectivity index (χ0v) is 19.2. The number of aromatic nitrogens is 2. The molecule has 1 fully saturated rings. The summed E-state index contributed by atoms with van der Waals surface area (Å²) >= 11 is 1.22. The maximum Gasteiger partial charge on any atom is 0.332 e. The van der Waals surface area contributed by atoms with E-state index in [1.165, 1.54) is 15.9 Å². The monoisotopic (exact) mass is 470 g/mol. The van der Waals surface area contributed by atoms with Crippen molar-refractivity contribution in [3.63, 3.8) is 0 Å². The first-order valence-corrected chi connectivity index (χ1v) is 11.7. The van der Waals surface area contributed by atoms with Gasteiger partial charge >= 0.3 is 5.69 Å². The van der Waals surface area contributed by atoms with Crippen molar-refractivity contribution in [1.82, 2.24) is 19.4 Å². The lowest BCUT2D eigenvalue weighted by Gasteiger charge is -2.17. The number of methoxy groups -OCH3 is 1. The molecule has 174 valence electrons. The largest absolute Gasteiger partial charge is 0.496 e. The van der Waals surface area contributed by atoms with E-state index in [1.54, 1.807) is 23.5 Å². The van der Waals surface area contributed by atoms with Crippen LogP contribution in [0, 0.1) is 0 Å².